The van der Waals surface area contributed by atoms with Crippen LogP contribution in [0.25, 0.3) is 16.8 Å². The van der Waals surface area contributed by atoms with E-state index in [2.05, 4.69) is 19.9 Å². The summed E-state index contributed by atoms with van der Waals surface area (Å²) in [7, 11) is -7.02. The number of nitrogens with zero attached hydrogens (tertiary/aromatic N) is 5. The van der Waals surface area contributed by atoms with Crippen LogP contribution >= 0.6 is 0 Å². The van der Waals surface area contributed by atoms with Crippen molar-refractivity contribution in [3.63, 3.8) is 0 Å². The van der Waals surface area contributed by atoms with Gasteiger partial charge in [0.25, 0.3) is 10.0 Å². The zero-order valence-electron chi connectivity index (χ0n) is 19.2. The molecule has 0 amide bonds. The quantitative estimate of drug-likeness (QED) is 0.401. The maximum Gasteiger partial charge on any atom is 0.269 e. The first kappa shape index (κ1) is 22.6. The van der Waals surface area contributed by atoms with Crippen LogP contribution in [0.1, 0.15) is 49.4 Å². The Balaban J connectivity index is 1.31. The number of sulfonamides is 1. The maximum atomic E-state index is 13.3. The fraction of sp³-hybridized carbons (Fsp3) is 0.435. The molecular weight excluding hydrogens is 488 g/mol. The summed E-state index contributed by atoms with van der Waals surface area (Å²) in [6.45, 7) is 2.34. The average molecular weight is 515 g/mol. The highest BCUT2D eigenvalue weighted by Crippen LogP contribution is 2.38. The second kappa shape index (κ2) is 8.10. The smallest absolute Gasteiger partial charge is 0.269 e. The van der Waals surface area contributed by atoms with Gasteiger partial charge in [-0.1, -0.05) is 17.7 Å². The summed E-state index contributed by atoms with van der Waals surface area (Å²) in [6.07, 6.45) is 7.10. The lowest BCUT2D eigenvalue weighted by Gasteiger charge is -2.12. The zero-order valence-corrected chi connectivity index (χ0v) is 20.8. The van der Waals surface area contributed by atoms with Gasteiger partial charge in [0, 0.05) is 18.7 Å². The molecule has 0 bridgehead atoms. The summed E-state index contributed by atoms with van der Waals surface area (Å²) in [5.41, 5.74) is 2.46. The molecule has 0 spiro atoms. The molecule has 6 rings (SSSR count). The van der Waals surface area contributed by atoms with Crippen molar-refractivity contribution in [2.75, 3.05) is 6.54 Å². The summed E-state index contributed by atoms with van der Waals surface area (Å²) >= 11 is 0. The van der Waals surface area contributed by atoms with Gasteiger partial charge in [0.15, 0.2) is 11.3 Å². The Morgan fingerprint density at radius 3 is 2.51 bits per heavy atom. The number of nitrogens with one attached hydrogen (secondary N) is 1. The Morgan fingerprint density at radius 1 is 1.00 bits per heavy atom. The molecule has 1 aromatic carbocycles. The molecule has 2 saturated carbocycles. The highest BCUT2D eigenvalue weighted by molar-refractivity contribution is 7.90. The molecule has 184 valence electrons. The molecule has 1 N–H and O–H groups in total. The monoisotopic (exact) mass is 514 g/mol. The highest BCUT2D eigenvalue weighted by Gasteiger charge is 2.37. The van der Waals surface area contributed by atoms with Gasteiger partial charge in [0.2, 0.25) is 10.0 Å². The number of fused-ring (bicyclic) bond motifs is 3. The third kappa shape index (κ3) is 3.93. The predicted octanol–water partition coefficient (Wildman–Crippen LogP) is 2.59. The molecule has 0 aliphatic heterocycles. The fourth-order valence-corrected chi connectivity index (χ4v) is 7.72. The predicted molar refractivity (Wildman–Crippen MR) is 130 cm³/mol. The standard InChI is InChI=1S/C23H26N6O4S2/c1-15-2-6-19(7-3-15)35(32,33)28-11-10-20-23(28)24-14-21-26-27-22(29(20)21)17-5-4-16(12-17)13-25-34(30,31)18-8-9-18/h2-3,6-7,10-11,14,16-18,25H,4-5,8-9,12-13H2,1H3/t16-,17+/m0/s1. The molecular formula is C23H26N6O4S2. The molecule has 2 fully saturated rings. The van der Waals surface area contributed by atoms with Gasteiger partial charge in [-0.05, 0) is 63.1 Å². The molecule has 35 heavy (non-hydrogen) atoms. The molecule has 3 aromatic heterocycles. The van der Waals surface area contributed by atoms with Gasteiger partial charge in [-0.15, -0.1) is 10.2 Å². The Bertz CT molecular complexity index is 1640. The average Bonchev–Trinajstić information content (AvgIpc) is 3.25. The number of benzene rings is 1. The molecule has 3 heterocycles. The van der Waals surface area contributed by atoms with Crippen LogP contribution in [-0.2, 0) is 20.0 Å². The van der Waals surface area contributed by atoms with E-state index in [4.69, 9.17) is 0 Å². The summed E-state index contributed by atoms with van der Waals surface area (Å²) in [5.74, 6) is 1.08. The molecule has 2 aliphatic carbocycles. The van der Waals surface area contributed by atoms with Gasteiger partial charge < -0.3 is 0 Å². The topological polar surface area (TPSA) is 128 Å². The van der Waals surface area contributed by atoms with Crippen molar-refractivity contribution in [3.8, 4) is 0 Å². The fourth-order valence-electron chi connectivity index (χ4n) is 4.96. The van der Waals surface area contributed by atoms with E-state index in [-0.39, 0.29) is 22.0 Å². The normalized spacial score (nSPS) is 21.3. The van der Waals surface area contributed by atoms with Gasteiger partial charge in [-0.3, -0.25) is 4.40 Å². The lowest BCUT2D eigenvalue weighted by molar-refractivity contribution is 0.509. The van der Waals surface area contributed by atoms with Crippen LogP contribution < -0.4 is 4.72 Å². The Kier molecular flexibility index (Phi) is 5.24. The van der Waals surface area contributed by atoms with E-state index >= 15 is 0 Å². The second-order valence-electron chi connectivity index (χ2n) is 9.62. The van der Waals surface area contributed by atoms with E-state index in [1.54, 1.807) is 30.3 Å². The van der Waals surface area contributed by atoms with E-state index in [9.17, 15) is 16.8 Å². The summed E-state index contributed by atoms with van der Waals surface area (Å²) < 4.78 is 56.9. The van der Waals surface area contributed by atoms with Crippen LogP contribution in [-0.4, -0.2) is 52.2 Å². The largest absolute Gasteiger partial charge is 0.274 e. The molecule has 10 nitrogen and oxygen atoms in total. The van der Waals surface area contributed by atoms with Crippen molar-refractivity contribution < 1.29 is 16.8 Å². The Labute approximate surface area is 203 Å². The van der Waals surface area contributed by atoms with E-state index in [0.29, 0.717) is 23.4 Å². The molecule has 0 radical (unpaired) electrons. The number of rotatable bonds is 7. The first-order valence-corrected chi connectivity index (χ1v) is 14.7. The highest BCUT2D eigenvalue weighted by atomic mass is 32.2. The molecule has 2 atom stereocenters. The van der Waals surface area contributed by atoms with E-state index in [1.807, 2.05) is 11.3 Å². The number of hydrogen-bond donors (Lipinski definition) is 1. The lowest BCUT2D eigenvalue weighted by atomic mass is 10.0. The van der Waals surface area contributed by atoms with Crippen LogP contribution in [0, 0.1) is 12.8 Å². The third-order valence-electron chi connectivity index (χ3n) is 7.08. The summed E-state index contributed by atoms with van der Waals surface area (Å²) in [4.78, 5) is 4.59. The van der Waals surface area contributed by atoms with Crippen LogP contribution in [0.3, 0.4) is 0 Å². The molecule has 2 aliphatic rings. The van der Waals surface area contributed by atoms with Gasteiger partial charge in [-0.2, -0.15) is 0 Å². The van der Waals surface area contributed by atoms with Gasteiger partial charge in [0.05, 0.1) is 21.9 Å². The Hall–Kier alpha value is -2.83. The minimum Gasteiger partial charge on any atom is -0.274 e. The van der Waals surface area contributed by atoms with Gasteiger partial charge in [-0.25, -0.2) is 30.5 Å². The van der Waals surface area contributed by atoms with E-state index in [1.165, 1.54) is 16.4 Å². The molecule has 0 unspecified atom stereocenters. The minimum atomic E-state index is -3.82. The van der Waals surface area contributed by atoms with Crippen molar-refractivity contribution in [1.82, 2.24) is 28.3 Å². The second-order valence-corrected chi connectivity index (χ2v) is 13.5. The van der Waals surface area contributed by atoms with Crippen LogP contribution in [0.5, 0.6) is 0 Å². The first-order chi connectivity index (χ1) is 16.7. The zero-order chi connectivity index (χ0) is 24.4. The number of hydrogen-bond acceptors (Lipinski definition) is 7. The third-order valence-corrected chi connectivity index (χ3v) is 10.7. The SMILES string of the molecule is Cc1ccc(S(=O)(=O)n2ccc3c2ncc2nnc([C@@H]4CC[C@H](CNS(=O)(=O)C5CC5)C4)n23)cc1. The minimum absolute atomic E-state index is 0.100. The van der Waals surface area contributed by atoms with Crippen molar-refractivity contribution in [3.05, 3.63) is 54.1 Å². The number of aromatic nitrogens is 5. The van der Waals surface area contributed by atoms with Crippen LogP contribution in [0.2, 0.25) is 0 Å². The maximum absolute atomic E-state index is 13.3. The molecule has 4 aromatic rings. The van der Waals surface area contributed by atoms with E-state index < -0.39 is 20.0 Å². The van der Waals surface area contributed by atoms with Crippen molar-refractivity contribution in [2.45, 2.75) is 55.1 Å². The van der Waals surface area contributed by atoms with E-state index in [0.717, 1.165) is 43.5 Å². The summed E-state index contributed by atoms with van der Waals surface area (Å²) in [5, 5.41) is 8.48. The van der Waals surface area contributed by atoms with Crippen molar-refractivity contribution >= 4 is 36.9 Å². The first-order valence-electron chi connectivity index (χ1n) is 11.8. The Morgan fingerprint density at radius 2 is 1.77 bits per heavy atom. The molecule has 0 saturated heterocycles. The van der Waals surface area contributed by atoms with Gasteiger partial charge >= 0.3 is 0 Å². The van der Waals surface area contributed by atoms with Crippen molar-refractivity contribution in [2.24, 2.45) is 5.92 Å². The summed E-state index contributed by atoms with van der Waals surface area (Å²) in [6, 6.07) is 8.45. The van der Waals surface area contributed by atoms with Crippen LogP contribution in [0.4, 0.5) is 0 Å². The van der Waals surface area contributed by atoms with Crippen LogP contribution in [0.15, 0.2) is 47.6 Å². The number of aryl methyl sites for hydroxylation is 1. The molecule has 12 heteroatoms. The van der Waals surface area contributed by atoms with Crippen molar-refractivity contribution in [1.29, 1.82) is 0 Å². The lowest BCUT2D eigenvalue weighted by Crippen LogP contribution is -2.31. The van der Waals surface area contributed by atoms with Gasteiger partial charge in [0.1, 0.15) is 5.82 Å².